The van der Waals surface area contributed by atoms with Gasteiger partial charge < -0.3 is 10.2 Å². The predicted molar refractivity (Wildman–Crippen MR) is 85.4 cm³/mol. The molecule has 1 N–H and O–H groups in total. The third-order valence-electron chi connectivity index (χ3n) is 4.49. The van der Waals surface area contributed by atoms with E-state index in [0.29, 0.717) is 6.54 Å². The van der Waals surface area contributed by atoms with Gasteiger partial charge in [-0.15, -0.1) is 12.4 Å². The zero-order valence-corrected chi connectivity index (χ0v) is 13.8. The molecule has 1 aromatic rings. The van der Waals surface area contributed by atoms with E-state index >= 15 is 0 Å². The van der Waals surface area contributed by atoms with Crippen LogP contribution in [0, 0.1) is 11.6 Å². The van der Waals surface area contributed by atoms with Crippen molar-refractivity contribution in [2.75, 3.05) is 20.6 Å². The Balaban J connectivity index is 0.00000242. The van der Waals surface area contributed by atoms with Gasteiger partial charge in [0.1, 0.15) is 0 Å². The number of carbonyl (C=O) groups is 1. The molecule has 1 aliphatic rings. The SMILES string of the molecule is CN(C)C1(CNC(=O)c2ccc(F)c(F)c2)CCCCC1.Cl. The van der Waals surface area contributed by atoms with Crippen molar-refractivity contribution in [1.29, 1.82) is 0 Å². The third-order valence-corrected chi connectivity index (χ3v) is 4.49. The van der Waals surface area contributed by atoms with Crippen molar-refractivity contribution in [3.63, 3.8) is 0 Å². The summed E-state index contributed by atoms with van der Waals surface area (Å²) in [7, 11) is 4.05. The number of nitrogens with zero attached hydrogens (tertiary/aromatic N) is 1. The Morgan fingerprint density at radius 3 is 2.36 bits per heavy atom. The maximum absolute atomic E-state index is 13.2. The molecule has 6 heteroatoms. The Hall–Kier alpha value is -1.20. The second-order valence-electron chi connectivity index (χ2n) is 5.99. The van der Waals surface area contributed by atoms with Gasteiger partial charge in [0.2, 0.25) is 0 Å². The third kappa shape index (κ3) is 4.17. The van der Waals surface area contributed by atoms with Crippen LogP contribution in [0.3, 0.4) is 0 Å². The fourth-order valence-electron chi connectivity index (χ4n) is 2.98. The summed E-state index contributed by atoms with van der Waals surface area (Å²) in [6.07, 6.45) is 5.61. The first-order valence-electron chi connectivity index (χ1n) is 7.35. The summed E-state index contributed by atoms with van der Waals surface area (Å²) in [6.45, 7) is 0.526. The lowest BCUT2D eigenvalue weighted by Crippen LogP contribution is -2.53. The van der Waals surface area contributed by atoms with Crippen LogP contribution in [0.15, 0.2) is 18.2 Å². The van der Waals surface area contributed by atoms with Gasteiger partial charge in [0.05, 0.1) is 0 Å². The summed E-state index contributed by atoms with van der Waals surface area (Å²) in [4.78, 5) is 14.3. The van der Waals surface area contributed by atoms with E-state index in [-0.39, 0.29) is 29.4 Å². The van der Waals surface area contributed by atoms with Crippen molar-refractivity contribution in [2.24, 2.45) is 0 Å². The maximum atomic E-state index is 13.2. The Morgan fingerprint density at radius 1 is 1.18 bits per heavy atom. The quantitative estimate of drug-likeness (QED) is 0.916. The van der Waals surface area contributed by atoms with Crippen LogP contribution in [-0.2, 0) is 0 Å². The molecule has 3 nitrogen and oxygen atoms in total. The molecule has 22 heavy (non-hydrogen) atoms. The number of halogens is 3. The highest BCUT2D eigenvalue weighted by Gasteiger charge is 2.34. The summed E-state index contributed by atoms with van der Waals surface area (Å²) in [5.41, 5.74) is 0.116. The lowest BCUT2D eigenvalue weighted by molar-refractivity contribution is 0.0799. The minimum absolute atomic E-state index is 0. The second kappa shape index (κ2) is 7.88. The van der Waals surface area contributed by atoms with Crippen LogP contribution in [0.4, 0.5) is 8.78 Å². The molecule has 1 fully saturated rings. The van der Waals surface area contributed by atoms with Crippen LogP contribution in [0.5, 0.6) is 0 Å². The van der Waals surface area contributed by atoms with Crippen LogP contribution >= 0.6 is 12.4 Å². The Morgan fingerprint density at radius 2 is 1.82 bits per heavy atom. The first-order valence-corrected chi connectivity index (χ1v) is 7.35. The lowest BCUT2D eigenvalue weighted by Gasteiger charge is -2.43. The van der Waals surface area contributed by atoms with E-state index in [2.05, 4.69) is 10.2 Å². The minimum Gasteiger partial charge on any atom is -0.350 e. The van der Waals surface area contributed by atoms with E-state index in [1.54, 1.807) is 0 Å². The van der Waals surface area contributed by atoms with Gasteiger partial charge in [-0.2, -0.15) is 0 Å². The summed E-state index contributed by atoms with van der Waals surface area (Å²) in [6, 6.07) is 3.22. The normalized spacial score (nSPS) is 17.0. The van der Waals surface area contributed by atoms with E-state index < -0.39 is 11.6 Å². The van der Waals surface area contributed by atoms with Gasteiger partial charge in [-0.3, -0.25) is 4.79 Å². The smallest absolute Gasteiger partial charge is 0.251 e. The summed E-state index contributed by atoms with van der Waals surface area (Å²) >= 11 is 0. The molecule has 1 amide bonds. The zero-order chi connectivity index (χ0) is 15.5. The molecule has 1 aliphatic carbocycles. The van der Waals surface area contributed by atoms with E-state index in [1.807, 2.05) is 14.1 Å². The lowest BCUT2D eigenvalue weighted by atomic mass is 9.80. The van der Waals surface area contributed by atoms with Gasteiger partial charge in [0, 0.05) is 17.6 Å². The molecular weight excluding hydrogens is 310 g/mol. The maximum Gasteiger partial charge on any atom is 0.251 e. The van der Waals surface area contributed by atoms with Gasteiger partial charge in [-0.25, -0.2) is 8.78 Å². The Bertz CT molecular complexity index is 517. The van der Waals surface area contributed by atoms with E-state index in [0.717, 1.165) is 37.8 Å². The Kier molecular flexibility index (Phi) is 6.75. The molecular formula is C16H23ClF2N2O. The monoisotopic (exact) mass is 332 g/mol. The van der Waals surface area contributed by atoms with Gasteiger partial charge >= 0.3 is 0 Å². The van der Waals surface area contributed by atoms with Gasteiger partial charge in [0.25, 0.3) is 5.91 Å². The van der Waals surface area contributed by atoms with Crippen molar-refractivity contribution in [3.05, 3.63) is 35.4 Å². The number of hydrogen-bond acceptors (Lipinski definition) is 2. The summed E-state index contributed by atoms with van der Waals surface area (Å²) < 4.78 is 26.1. The van der Waals surface area contributed by atoms with Crippen LogP contribution < -0.4 is 5.32 Å². The van der Waals surface area contributed by atoms with Gasteiger partial charge in [0.15, 0.2) is 11.6 Å². The first-order chi connectivity index (χ1) is 9.94. The fraction of sp³-hybridized carbons (Fsp3) is 0.562. The average Bonchev–Trinajstić information content (AvgIpc) is 2.48. The van der Waals surface area contributed by atoms with E-state index in [1.165, 1.54) is 12.5 Å². The Labute approximate surface area is 136 Å². The molecule has 0 heterocycles. The van der Waals surface area contributed by atoms with E-state index in [9.17, 15) is 13.6 Å². The number of likely N-dealkylation sites (N-methyl/N-ethyl adjacent to an activating group) is 1. The molecule has 0 bridgehead atoms. The van der Waals surface area contributed by atoms with Crippen molar-refractivity contribution in [3.8, 4) is 0 Å². The summed E-state index contributed by atoms with van der Waals surface area (Å²) in [5.74, 6) is -2.30. The highest BCUT2D eigenvalue weighted by atomic mass is 35.5. The molecule has 1 aromatic carbocycles. The van der Waals surface area contributed by atoms with Crippen LogP contribution in [-0.4, -0.2) is 37.0 Å². The molecule has 0 radical (unpaired) electrons. The highest BCUT2D eigenvalue weighted by Crippen LogP contribution is 2.31. The van der Waals surface area contributed by atoms with Gasteiger partial charge in [-0.05, 0) is 45.1 Å². The van der Waals surface area contributed by atoms with Crippen LogP contribution in [0.2, 0.25) is 0 Å². The largest absolute Gasteiger partial charge is 0.350 e. The number of benzene rings is 1. The van der Waals surface area contributed by atoms with Crippen molar-refractivity contribution >= 4 is 18.3 Å². The zero-order valence-electron chi connectivity index (χ0n) is 13.0. The number of rotatable bonds is 4. The van der Waals surface area contributed by atoms with Gasteiger partial charge in [-0.1, -0.05) is 19.3 Å². The summed E-state index contributed by atoms with van der Waals surface area (Å²) in [5, 5.41) is 2.87. The molecule has 0 saturated heterocycles. The predicted octanol–water partition coefficient (Wildman–Crippen LogP) is 3.38. The molecule has 0 aliphatic heterocycles. The fourth-order valence-corrected chi connectivity index (χ4v) is 2.98. The van der Waals surface area contributed by atoms with Crippen molar-refractivity contribution in [1.82, 2.24) is 10.2 Å². The molecule has 0 atom stereocenters. The number of carbonyl (C=O) groups excluding carboxylic acids is 1. The molecule has 2 rings (SSSR count). The molecule has 0 spiro atoms. The van der Waals surface area contributed by atoms with Crippen molar-refractivity contribution < 1.29 is 13.6 Å². The van der Waals surface area contributed by atoms with E-state index in [4.69, 9.17) is 0 Å². The molecule has 124 valence electrons. The second-order valence-corrected chi connectivity index (χ2v) is 5.99. The molecule has 1 saturated carbocycles. The number of nitrogens with one attached hydrogen (secondary N) is 1. The highest BCUT2D eigenvalue weighted by molar-refractivity contribution is 5.94. The van der Waals surface area contributed by atoms with Crippen molar-refractivity contribution in [2.45, 2.75) is 37.6 Å². The number of hydrogen-bond donors (Lipinski definition) is 1. The average molecular weight is 333 g/mol. The first kappa shape index (κ1) is 18.8. The van der Waals surface area contributed by atoms with Crippen LogP contribution in [0.1, 0.15) is 42.5 Å². The molecule has 0 unspecified atom stereocenters. The number of amides is 1. The standard InChI is InChI=1S/C16H22F2N2O.ClH/c1-20(2)16(8-4-3-5-9-16)11-19-15(21)12-6-7-13(17)14(18)10-12;/h6-7,10H,3-5,8-9,11H2,1-2H3,(H,19,21);1H. The molecule has 0 aromatic heterocycles. The van der Waals surface area contributed by atoms with Crippen LogP contribution in [0.25, 0.3) is 0 Å². The topological polar surface area (TPSA) is 32.3 Å². The minimum atomic E-state index is -0.998.